The van der Waals surface area contributed by atoms with Gasteiger partial charge >= 0.3 is 0 Å². The van der Waals surface area contributed by atoms with E-state index in [0.717, 1.165) is 6.20 Å². The first kappa shape index (κ1) is 13.3. The Hall–Kier alpha value is -2.12. The Labute approximate surface area is 115 Å². The Balaban J connectivity index is 2.26. The van der Waals surface area contributed by atoms with Crippen molar-refractivity contribution in [3.8, 4) is 6.07 Å². The van der Waals surface area contributed by atoms with E-state index in [-0.39, 0.29) is 6.04 Å². The predicted octanol–water partition coefficient (Wildman–Crippen LogP) is 3.92. The Morgan fingerprint density at radius 1 is 1.37 bits per heavy atom. The second-order valence-electron chi connectivity index (χ2n) is 4.10. The van der Waals surface area contributed by atoms with Crippen LogP contribution in [0.1, 0.15) is 24.1 Å². The monoisotopic (exact) mass is 275 g/mol. The Morgan fingerprint density at radius 3 is 2.84 bits per heavy atom. The highest BCUT2D eigenvalue weighted by Gasteiger charge is 2.10. The van der Waals surface area contributed by atoms with Crippen molar-refractivity contribution in [1.29, 1.82) is 5.26 Å². The lowest BCUT2D eigenvalue weighted by Crippen LogP contribution is -2.08. The fourth-order valence-corrected chi connectivity index (χ4v) is 1.89. The number of anilines is 1. The summed E-state index contributed by atoms with van der Waals surface area (Å²) in [4.78, 5) is 3.80. The van der Waals surface area contributed by atoms with Gasteiger partial charge in [-0.15, -0.1) is 0 Å². The molecule has 0 saturated heterocycles. The second kappa shape index (κ2) is 5.68. The summed E-state index contributed by atoms with van der Waals surface area (Å²) >= 11 is 5.91. The fourth-order valence-electron chi connectivity index (χ4n) is 1.72. The van der Waals surface area contributed by atoms with Gasteiger partial charge in [-0.25, -0.2) is 4.39 Å². The summed E-state index contributed by atoms with van der Waals surface area (Å²) in [5.41, 5.74) is 1.80. The van der Waals surface area contributed by atoms with Gasteiger partial charge in [0.2, 0.25) is 0 Å². The molecule has 19 heavy (non-hydrogen) atoms. The van der Waals surface area contributed by atoms with Gasteiger partial charge in [0.1, 0.15) is 11.9 Å². The van der Waals surface area contributed by atoms with Crippen LogP contribution in [0.2, 0.25) is 5.02 Å². The number of rotatable bonds is 3. The van der Waals surface area contributed by atoms with E-state index in [0.29, 0.717) is 21.8 Å². The molecule has 0 amide bonds. The number of nitrogens with one attached hydrogen (secondary N) is 1. The van der Waals surface area contributed by atoms with Gasteiger partial charge in [0.15, 0.2) is 0 Å². The van der Waals surface area contributed by atoms with Crippen molar-refractivity contribution >= 4 is 17.3 Å². The molecule has 1 heterocycles. The van der Waals surface area contributed by atoms with Crippen LogP contribution < -0.4 is 5.32 Å². The minimum Gasteiger partial charge on any atom is -0.377 e. The molecule has 0 saturated carbocycles. The number of nitriles is 1. The molecular formula is C14H11ClFN3. The van der Waals surface area contributed by atoms with E-state index < -0.39 is 5.82 Å². The van der Waals surface area contributed by atoms with Gasteiger partial charge in [-0.2, -0.15) is 5.26 Å². The summed E-state index contributed by atoms with van der Waals surface area (Å²) in [6.45, 7) is 1.86. The lowest BCUT2D eigenvalue weighted by Gasteiger charge is -2.16. The third-order valence-corrected chi connectivity index (χ3v) is 2.94. The van der Waals surface area contributed by atoms with E-state index >= 15 is 0 Å². The van der Waals surface area contributed by atoms with Gasteiger partial charge in [0, 0.05) is 11.2 Å². The molecule has 1 N–H and O–H groups in total. The Kier molecular flexibility index (Phi) is 3.98. The number of pyridine rings is 1. The van der Waals surface area contributed by atoms with Crippen molar-refractivity contribution in [1.82, 2.24) is 4.98 Å². The van der Waals surface area contributed by atoms with Crippen molar-refractivity contribution in [2.24, 2.45) is 0 Å². The van der Waals surface area contributed by atoms with Gasteiger partial charge in [-0.3, -0.25) is 4.98 Å². The molecule has 0 aliphatic heterocycles. The second-order valence-corrected chi connectivity index (χ2v) is 4.54. The van der Waals surface area contributed by atoms with E-state index in [9.17, 15) is 4.39 Å². The van der Waals surface area contributed by atoms with Gasteiger partial charge in [-0.05, 0) is 36.8 Å². The van der Waals surface area contributed by atoms with E-state index in [1.165, 1.54) is 6.07 Å². The maximum atomic E-state index is 13.1. The predicted molar refractivity (Wildman–Crippen MR) is 72.4 cm³/mol. The molecule has 0 radical (unpaired) electrons. The number of hydrogen-bond donors (Lipinski definition) is 1. The van der Waals surface area contributed by atoms with E-state index in [1.54, 1.807) is 24.4 Å². The third kappa shape index (κ3) is 3.21. The smallest absolute Gasteiger partial charge is 0.141 e. The van der Waals surface area contributed by atoms with Gasteiger partial charge in [0.25, 0.3) is 0 Å². The third-order valence-electron chi connectivity index (χ3n) is 2.70. The summed E-state index contributed by atoms with van der Waals surface area (Å²) in [6.07, 6.45) is 2.73. The highest BCUT2D eigenvalue weighted by molar-refractivity contribution is 6.30. The molecular weight excluding hydrogens is 265 g/mol. The number of aromatic nitrogens is 1. The molecule has 0 aliphatic rings. The van der Waals surface area contributed by atoms with E-state index in [2.05, 4.69) is 16.4 Å². The maximum absolute atomic E-state index is 13.1. The van der Waals surface area contributed by atoms with Crippen LogP contribution in [0.4, 0.5) is 10.1 Å². The van der Waals surface area contributed by atoms with Gasteiger partial charge in [0.05, 0.1) is 23.5 Å². The molecule has 5 heteroatoms. The summed E-state index contributed by atoms with van der Waals surface area (Å²) < 4.78 is 13.1. The minimum atomic E-state index is -0.391. The van der Waals surface area contributed by atoms with Crippen molar-refractivity contribution < 1.29 is 4.39 Å². The standard InChI is InChI=1S/C14H11ClFN3/c1-9(11-4-13(16)8-18-7-11)19-14-5-12(15)3-2-10(14)6-17/h2-5,7-9,19H,1H3. The molecule has 1 aromatic carbocycles. The summed E-state index contributed by atoms with van der Waals surface area (Å²) in [5.74, 6) is -0.391. The largest absolute Gasteiger partial charge is 0.377 e. The molecule has 1 unspecified atom stereocenters. The zero-order chi connectivity index (χ0) is 13.8. The van der Waals surface area contributed by atoms with Gasteiger partial charge in [-0.1, -0.05) is 11.6 Å². The first-order valence-corrected chi connectivity index (χ1v) is 6.04. The van der Waals surface area contributed by atoms with Crippen molar-refractivity contribution in [3.05, 3.63) is 58.6 Å². The lowest BCUT2D eigenvalue weighted by atomic mass is 10.1. The summed E-state index contributed by atoms with van der Waals surface area (Å²) in [6, 6.07) is 8.26. The van der Waals surface area contributed by atoms with Crippen LogP contribution in [0.5, 0.6) is 0 Å². The highest BCUT2D eigenvalue weighted by atomic mass is 35.5. The van der Waals surface area contributed by atoms with Crippen molar-refractivity contribution in [2.45, 2.75) is 13.0 Å². The highest BCUT2D eigenvalue weighted by Crippen LogP contribution is 2.25. The van der Waals surface area contributed by atoms with Crippen molar-refractivity contribution in [3.63, 3.8) is 0 Å². The first-order chi connectivity index (χ1) is 9.10. The molecule has 2 aromatic rings. The topological polar surface area (TPSA) is 48.7 Å². The Bertz CT molecular complexity index is 637. The van der Waals surface area contributed by atoms with E-state index in [1.807, 2.05) is 6.92 Å². The van der Waals surface area contributed by atoms with E-state index in [4.69, 9.17) is 16.9 Å². The fraction of sp³-hybridized carbons (Fsp3) is 0.143. The number of halogens is 2. The molecule has 2 rings (SSSR count). The average Bonchev–Trinajstić information content (AvgIpc) is 2.39. The molecule has 0 fully saturated rings. The van der Waals surface area contributed by atoms with Crippen LogP contribution in [0.25, 0.3) is 0 Å². The van der Waals surface area contributed by atoms with Crippen LogP contribution in [0, 0.1) is 17.1 Å². The zero-order valence-corrected chi connectivity index (χ0v) is 10.9. The molecule has 0 aliphatic carbocycles. The lowest BCUT2D eigenvalue weighted by molar-refractivity contribution is 0.616. The number of benzene rings is 1. The van der Waals surface area contributed by atoms with Crippen LogP contribution in [-0.4, -0.2) is 4.98 Å². The SMILES string of the molecule is CC(Nc1cc(Cl)ccc1C#N)c1cncc(F)c1. The first-order valence-electron chi connectivity index (χ1n) is 5.67. The molecule has 1 atom stereocenters. The molecule has 0 bridgehead atoms. The Morgan fingerprint density at radius 2 is 2.16 bits per heavy atom. The molecule has 96 valence electrons. The van der Waals surface area contributed by atoms with Crippen LogP contribution in [-0.2, 0) is 0 Å². The molecule has 1 aromatic heterocycles. The number of nitrogens with zero attached hydrogens (tertiary/aromatic N) is 2. The molecule has 0 spiro atoms. The normalized spacial score (nSPS) is 11.7. The van der Waals surface area contributed by atoms with Crippen LogP contribution >= 0.6 is 11.6 Å². The summed E-state index contributed by atoms with van der Waals surface area (Å²) in [5, 5.41) is 12.7. The quantitative estimate of drug-likeness (QED) is 0.924. The summed E-state index contributed by atoms with van der Waals surface area (Å²) in [7, 11) is 0. The minimum absolute atomic E-state index is 0.186. The average molecular weight is 276 g/mol. The van der Waals surface area contributed by atoms with Crippen LogP contribution in [0.15, 0.2) is 36.7 Å². The van der Waals surface area contributed by atoms with Crippen molar-refractivity contribution in [2.75, 3.05) is 5.32 Å². The van der Waals surface area contributed by atoms with Gasteiger partial charge < -0.3 is 5.32 Å². The number of hydrogen-bond acceptors (Lipinski definition) is 3. The maximum Gasteiger partial charge on any atom is 0.141 e. The van der Waals surface area contributed by atoms with Crippen LogP contribution in [0.3, 0.4) is 0 Å². The zero-order valence-electron chi connectivity index (χ0n) is 10.2. The molecule has 3 nitrogen and oxygen atoms in total.